The number of nitrogen functional groups attached to an aromatic ring is 1. The zero-order valence-corrected chi connectivity index (χ0v) is 12.8. The van der Waals surface area contributed by atoms with E-state index in [1.165, 1.54) is 28.9 Å². The maximum atomic E-state index is 12.2. The van der Waals surface area contributed by atoms with Gasteiger partial charge in [0, 0.05) is 24.5 Å². The Morgan fingerprint density at radius 2 is 2.19 bits per heavy atom. The molecule has 6 nitrogen and oxygen atoms in total. The molecule has 0 atom stereocenters. The Balaban J connectivity index is 1.75. The molecule has 112 valence electrons. The summed E-state index contributed by atoms with van der Waals surface area (Å²) in [6.45, 7) is 4.63. The number of hydrogen-bond donors (Lipinski definition) is 1. The monoisotopic (exact) mass is 305 g/mol. The maximum Gasteiger partial charge on any atom is 0.269 e. The van der Waals surface area contributed by atoms with Crippen LogP contribution >= 0.6 is 11.3 Å². The van der Waals surface area contributed by atoms with E-state index in [-0.39, 0.29) is 5.56 Å². The third-order valence-electron chi connectivity index (χ3n) is 3.89. The molecule has 0 radical (unpaired) electrons. The highest BCUT2D eigenvalue weighted by Gasteiger charge is 2.17. The van der Waals surface area contributed by atoms with E-state index in [9.17, 15) is 4.79 Å². The molecule has 2 aromatic rings. The van der Waals surface area contributed by atoms with Gasteiger partial charge in [-0.25, -0.2) is 9.67 Å². The standard InChI is InChI=1S/C14H19N5OS/c1-10-2-4-18(5-3-10)12-6-13(20)19(16-7-12)8-11-9-21-14(15)17-11/h6-7,9-10H,2-5,8H2,1H3,(H2,15,17). The molecule has 1 fully saturated rings. The number of nitrogens with two attached hydrogens (primary N) is 1. The average molecular weight is 305 g/mol. The lowest BCUT2D eigenvalue weighted by Gasteiger charge is -2.31. The predicted molar refractivity (Wildman–Crippen MR) is 84.7 cm³/mol. The van der Waals surface area contributed by atoms with Gasteiger partial charge in [0.25, 0.3) is 5.56 Å². The van der Waals surface area contributed by atoms with E-state index >= 15 is 0 Å². The zero-order valence-electron chi connectivity index (χ0n) is 12.0. The first-order chi connectivity index (χ1) is 10.1. The second-order valence-electron chi connectivity index (χ2n) is 5.56. The molecule has 0 bridgehead atoms. The largest absolute Gasteiger partial charge is 0.375 e. The molecule has 21 heavy (non-hydrogen) atoms. The molecule has 1 aliphatic heterocycles. The van der Waals surface area contributed by atoms with Gasteiger partial charge in [0.05, 0.1) is 24.1 Å². The van der Waals surface area contributed by atoms with E-state index < -0.39 is 0 Å². The second-order valence-corrected chi connectivity index (χ2v) is 6.45. The number of rotatable bonds is 3. The number of piperidine rings is 1. The minimum atomic E-state index is -0.0994. The van der Waals surface area contributed by atoms with Gasteiger partial charge in [0.15, 0.2) is 5.13 Å². The zero-order chi connectivity index (χ0) is 14.8. The first-order valence-corrected chi connectivity index (χ1v) is 8.02. The first-order valence-electron chi connectivity index (χ1n) is 7.14. The van der Waals surface area contributed by atoms with Crippen molar-refractivity contribution in [3.63, 3.8) is 0 Å². The van der Waals surface area contributed by atoms with Crippen molar-refractivity contribution in [3.05, 3.63) is 33.7 Å². The van der Waals surface area contributed by atoms with E-state index in [0.29, 0.717) is 11.7 Å². The van der Waals surface area contributed by atoms with Gasteiger partial charge in [-0.1, -0.05) is 6.92 Å². The van der Waals surface area contributed by atoms with Crippen molar-refractivity contribution in [1.29, 1.82) is 0 Å². The Labute approximate surface area is 127 Å². The fourth-order valence-corrected chi connectivity index (χ4v) is 3.09. The Hall–Kier alpha value is -1.89. The van der Waals surface area contributed by atoms with Crippen LogP contribution in [0, 0.1) is 5.92 Å². The molecule has 2 aromatic heterocycles. The average Bonchev–Trinajstić information content (AvgIpc) is 2.87. The molecule has 0 aromatic carbocycles. The van der Waals surface area contributed by atoms with Crippen molar-refractivity contribution in [2.45, 2.75) is 26.3 Å². The second kappa shape index (κ2) is 5.85. The van der Waals surface area contributed by atoms with Crippen LogP contribution in [-0.4, -0.2) is 27.9 Å². The van der Waals surface area contributed by atoms with Crippen LogP contribution in [0.3, 0.4) is 0 Å². The summed E-state index contributed by atoms with van der Waals surface area (Å²) in [5.74, 6) is 0.768. The molecule has 3 rings (SSSR count). The lowest BCUT2D eigenvalue weighted by atomic mass is 9.99. The van der Waals surface area contributed by atoms with Crippen LogP contribution in [0.5, 0.6) is 0 Å². The Morgan fingerprint density at radius 1 is 1.43 bits per heavy atom. The number of aromatic nitrogens is 3. The molecule has 2 N–H and O–H groups in total. The molecule has 0 amide bonds. The van der Waals surface area contributed by atoms with Crippen molar-refractivity contribution in [2.75, 3.05) is 23.7 Å². The SMILES string of the molecule is CC1CCN(c2cnn(Cc3csc(N)n3)c(=O)c2)CC1. The lowest BCUT2D eigenvalue weighted by Crippen LogP contribution is -2.34. The van der Waals surface area contributed by atoms with Gasteiger partial charge in [-0.2, -0.15) is 5.10 Å². The highest BCUT2D eigenvalue weighted by Crippen LogP contribution is 2.21. The Morgan fingerprint density at radius 3 is 2.81 bits per heavy atom. The molecule has 1 saturated heterocycles. The Kier molecular flexibility index (Phi) is 3.92. The fraction of sp³-hybridized carbons (Fsp3) is 0.500. The predicted octanol–water partition coefficient (Wildman–Crippen LogP) is 1.57. The van der Waals surface area contributed by atoms with Gasteiger partial charge >= 0.3 is 0 Å². The van der Waals surface area contributed by atoms with E-state index in [1.54, 1.807) is 12.3 Å². The van der Waals surface area contributed by atoms with Crippen LogP contribution in [-0.2, 0) is 6.54 Å². The van der Waals surface area contributed by atoms with Gasteiger partial charge in [-0.15, -0.1) is 11.3 Å². The van der Waals surface area contributed by atoms with Crippen LogP contribution in [0.25, 0.3) is 0 Å². The molecular weight excluding hydrogens is 286 g/mol. The number of thiazole rings is 1. The number of anilines is 2. The molecule has 0 saturated carbocycles. The molecule has 0 unspecified atom stereocenters. The molecule has 7 heteroatoms. The smallest absolute Gasteiger partial charge is 0.269 e. The molecule has 0 spiro atoms. The molecule has 1 aliphatic rings. The summed E-state index contributed by atoms with van der Waals surface area (Å²) in [5.41, 5.74) is 7.18. The van der Waals surface area contributed by atoms with Gasteiger partial charge < -0.3 is 10.6 Å². The summed E-state index contributed by atoms with van der Waals surface area (Å²) in [6.07, 6.45) is 4.11. The third-order valence-corrected chi connectivity index (χ3v) is 4.61. The van der Waals surface area contributed by atoms with Gasteiger partial charge in [-0.05, 0) is 18.8 Å². The molecule has 3 heterocycles. The summed E-state index contributed by atoms with van der Waals surface area (Å²) >= 11 is 1.37. The highest BCUT2D eigenvalue weighted by molar-refractivity contribution is 7.13. The van der Waals surface area contributed by atoms with Crippen molar-refractivity contribution >= 4 is 22.2 Å². The lowest BCUT2D eigenvalue weighted by molar-refractivity contribution is 0.437. The summed E-state index contributed by atoms with van der Waals surface area (Å²) in [6, 6.07) is 1.67. The summed E-state index contributed by atoms with van der Waals surface area (Å²) in [4.78, 5) is 18.6. The van der Waals surface area contributed by atoms with E-state index in [4.69, 9.17) is 5.73 Å². The minimum absolute atomic E-state index is 0.0994. The maximum absolute atomic E-state index is 12.2. The summed E-state index contributed by atoms with van der Waals surface area (Å²) in [7, 11) is 0. The van der Waals surface area contributed by atoms with Gasteiger partial charge in [0.2, 0.25) is 0 Å². The van der Waals surface area contributed by atoms with Crippen molar-refractivity contribution in [2.24, 2.45) is 5.92 Å². The molecule has 0 aliphatic carbocycles. The van der Waals surface area contributed by atoms with Crippen LogP contribution in [0.15, 0.2) is 22.4 Å². The third kappa shape index (κ3) is 3.24. The quantitative estimate of drug-likeness (QED) is 0.931. The number of hydrogen-bond acceptors (Lipinski definition) is 6. The van der Waals surface area contributed by atoms with Gasteiger partial charge in [0.1, 0.15) is 0 Å². The van der Waals surface area contributed by atoms with E-state index in [2.05, 4.69) is 21.9 Å². The van der Waals surface area contributed by atoms with Crippen molar-refractivity contribution in [1.82, 2.24) is 14.8 Å². The molecular formula is C14H19N5OS. The van der Waals surface area contributed by atoms with Crippen LogP contribution in [0.2, 0.25) is 0 Å². The minimum Gasteiger partial charge on any atom is -0.375 e. The Bertz CT molecular complexity index is 672. The van der Waals surface area contributed by atoms with E-state index in [1.807, 2.05) is 5.38 Å². The topological polar surface area (TPSA) is 77.0 Å². The van der Waals surface area contributed by atoms with Crippen LogP contribution < -0.4 is 16.2 Å². The van der Waals surface area contributed by atoms with Crippen molar-refractivity contribution < 1.29 is 0 Å². The normalized spacial score (nSPS) is 16.3. The number of nitrogens with zero attached hydrogens (tertiary/aromatic N) is 4. The van der Waals surface area contributed by atoms with Gasteiger partial charge in [-0.3, -0.25) is 4.79 Å². The van der Waals surface area contributed by atoms with Crippen molar-refractivity contribution in [3.8, 4) is 0 Å². The fourth-order valence-electron chi connectivity index (χ4n) is 2.53. The van der Waals surface area contributed by atoms with E-state index in [0.717, 1.165) is 30.4 Å². The van der Waals surface area contributed by atoms with Crippen LogP contribution in [0.4, 0.5) is 10.8 Å². The summed E-state index contributed by atoms with van der Waals surface area (Å²) < 4.78 is 1.42. The highest BCUT2D eigenvalue weighted by atomic mass is 32.1. The summed E-state index contributed by atoms with van der Waals surface area (Å²) in [5, 5.41) is 6.63. The van der Waals surface area contributed by atoms with Crippen LogP contribution in [0.1, 0.15) is 25.5 Å². The first kappa shape index (κ1) is 14.1.